The Bertz CT molecular complexity index is 67.2. The first-order valence-corrected chi connectivity index (χ1v) is 3.16. The van der Waals surface area contributed by atoms with Crippen molar-refractivity contribution < 1.29 is 5.11 Å². The van der Waals surface area contributed by atoms with Gasteiger partial charge in [0.2, 0.25) is 0 Å². The van der Waals surface area contributed by atoms with Gasteiger partial charge in [0.15, 0.2) is 9.68 Å². The van der Waals surface area contributed by atoms with Crippen molar-refractivity contribution in [1.82, 2.24) is 0 Å². The molecule has 0 unspecified atom stereocenters. The topological polar surface area (TPSA) is 69.0 Å². The summed E-state index contributed by atoms with van der Waals surface area (Å²) in [5, 5.41) is 7.99. The Kier molecular flexibility index (Phi) is 4.10. The Balaban J connectivity index is 2.86. The molecule has 0 aromatic heterocycles. The van der Waals surface area contributed by atoms with Gasteiger partial charge in [0.1, 0.15) is 0 Å². The van der Waals surface area contributed by atoms with E-state index in [1.165, 1.54) is 0 Å². The molecule has 6 heavy (non-hydrogen) atoms. The summed E-state index contributed by atoms with van der Waals surface area (Å²) < 4.78 is 3.16. The molecule has 0 aliphatic carbocycles. The van der Waals surface area contributed by atoms with Crippen LogP contribution in [0.25, 0.3) is 10.4 Å². The lowest BCUT2D eigenvalue weighted by molar-refractivity contribution is 0.366. The second-order valence-electron chi connectivity index (χ2n) is 0.678. The molecular formula is CH5N3OSi. The van der Waals surface area contributed by atoms with E-state index in [1.807, 2.05) is 0 Å². The molecule has 0 fully saturated rings. The van der Waals surface area contributed by atoms with Gasteiger partial charge in [-0.05, 0) is 10.4 Å². The van der Waals surface area contributed by atoms with E-state index >= 15 is 0 Å². The molecule has 0 bridgehead atoms. The SMILES string of the molecule is [N-]=[N+]=N[SiH2]CO. The van der Waals surface area contributed by atoms with Crippen molar-refractivity contribution in [3.05, 3.63) is 10.4 Å². The Hall–Kier alpha value is -0.513. The minimum Gasteiger partial charge on any atom is -0.400 e. The van der Waals surface area contributed by atoms with Crippen LogP contribution in [0.5, 0.6) is 0 Å². The summed E-state index contributed by atoms with van der Waals surface area (Å²) in [6, 6.07) is 0. The molecule has 0 aliphatic rings. The summed E-state index contributed by atoms with van der Waals surface area (Å²) in [5.74, 6) is 0. The third kappa shape index (κ3) is 3.49. The molecule has 0 amide bonds. The Morgan fingerprint density at radius 3 is 2.83 bits per heavy atom. The van der Waals surface area contributed by atoms with E-state index < -0.39 is 9.68 Å². The van der Waals surface area contributed by atoms with E-state index in [-0.39, 0.29) is 6.23 Å². The number of rotatable bonds is 2. The maximum atomic E-state index is 7.99. The van der Waals surface area contributed by atoms with E-state index in [1.54, 1.807) is 0 Å². The van der Waals surface area contributed by atoms with Crippen LogP contribution < -0.4 is 0 Å². The van der Waals surface area contributed by atoms with Gasteiger partial charge in [0.05, 0.1) is 0 Å². The van der Waals surface area contributed by atoms with Crippen molar-refractivity contribution in [2.75, 3.05) is 6.23 Å². The van der Waals surface area contributed by atoms with Crippen molar-refractivity contribution in [3.63, 3.8) is 0 Å². The van der Waals surface area contributed by atoms with Gasteiger partial charge in [-0.1, -0.05) is 0 Å². The highest BCUT2D eigenvalue weighted by atomic mass is 28.2. The van der Waals surface area contributed by atoms with Crippen LogP contribution in [0, 0.1) is 0 Å². The lowest BCUT2D eigenvalue weighted by Crippen LogP contribution is -1.88. The highest BCUT2D eigenvalue weighted by Gasteiger charge is 1.69. The zero-order valence-corrected chi connectivity index (χ0v) is 4.62. The number of hydrogen-bond acceptors (Lipinski definition) is 2. The van der Waals surface area contributed by atoms with Gasteiger partial charge in [0.25, 0.3) is 0 Å². The Labute approximate surface area is 37.3 Å². The van der Waals surface area contributed by atoms with Gasteiger partial charge in [-0.3, -0.25) is 0 Å². The van der Waals surface area contributed by atoms with Crippen molar-refractivity contribution >= 4 is 9.68 Å². The van der Waals surface area contributed by atoms with Crippen LogP contribution in [-0.4, -0.2) is 21.0 Å². The van der Waals surface area contributed by atoms with Crippen LogP contribution in [0.2, 0.25) is 0 Å². The summed E-state index contributed by atoms with van der Waals surface area (Å²) >= 11 is 0. The van der Waals surface area contributed by atoms with Gasteiger partial charge >= 0.3 is 0 Å². The lowest BCUT2D eigenvalue weighted by atomic mass is 11.7. The van der Waals surface area contributed by atoms with Crippen molar-refractivity contribution in [2.24, 2.45) is 4.78 Å². The molecule has 0 aromatic carbocycles. The zero-order chi connectivity index (χ0) is 4.83. The summed E-state index contributed by atoms with van der Waals surface area (Å²) in [5.41, 5.74) is 7.58. The fourth-order valence-corrected chi connectivity index (χ4v) is 0.268. The average Bonchev–Trinajstić information content (AvgIpc) is 1.61. The van der Waals surface area contributed by atoms with E-state index in [0.29, 0.717) is 0 Å². The lowest BCUT2D eigenvalue weighted by Gasteiger charge is -1.70. The van der Waals surface area contributed by atoms with Crippen molar-refractivity contribution in [3.8, 4) is 0 Å². The predicted molar refractivity (Wildman–Crippen MR) is 24.8 cm³/mol. The largest absolute Gasteiger partial charge is 0.400 e. The van der Waals surface area contributed by atoms with Gasteiger partial charge in [-0.2, -0.15) is 0 Å². The van der Waals surface area contributed by atoms with E-state index in [9.17, 15) is 0 Å². The van der Waals surface area contributed by atoms with Crippen LogP contribution in [0.15, 0.2) is 4.78 Å². The molecule has 0 radical (unpaired) electrons. The molecular weight excluding hydrogens is 98.1 g/mol. The highest BCUT2D eigenvalue weighted by molar-refractivity contribution is 6.32. The molecule has 0 saturated heterocycles. The zero-order valence-electron chi connectivity index (χ0n) is 3.20. The van der Waals surface area contributed by atoms with Crippen LogP contribution in [-0.2, 0) is 0 Å². The van der Waals surface area contributed by atoms with Gasteiger partial charge in [0, 0.05) is 6.23 Å². The summed E-state index contributed by atoms with van der Waals surface area (Å²) in [7, 11) is -0.814. The smallest absolute Gasteiger partial charge is 0.153 e. The second-order valence-corrected chi connectivity index (χ2v) is 1.86. The van der Waals surface area contributed by atoms with Crippen molar-refractivity contribution in [2.45, 2.75) is 0 Å². The highest BCUT2D eigenvalue weighted by Crippen LogP contribution is 1.59. The number of hydrogen-bond donors (Lipinski definition) is 1. The van der Waals surface area contributed by atoms with E-state index in [0.717, 1.165) is 0 Å². The third-order valence-electron chi connectivity index (χ3n) is 0.263. The standard InChI is InChI=1S/CH5N3OSi/c2-3-4-6-1-5/h5H,1,6H2. The quantitative estimate of drug-likeness (QED) is 0.214. The minimum absolute atomic E-state index is 0.0735. The van der Waals surface area contributed by atoms with E-state index in [2.05, 4.69) is 9.69 Å². The van der Waals surface area contributed by atoms with Gasteiger partial charge in [-0.25, -0.2) is 0 Å². The molecule has 0 spiro atoms. The monoisotopic (exact) mass is 103 g/mol. The van der Waals surface area contributed by atoms with Crippen LogP contribution in [0.4, 0.5) is 0 Å². The number of nitrogens with zero attached hydrogens (tertiary/aromatic N) is 3. The molecule has 0 rings (SSSR count). The molecule has 4 nitrogen and oxygen atoms in total. The maximum Gasteiger partial charge on any atom is 0.153 e. The molecule has 5 heteroatoms. The molecule has 0 atom stereocenters. The molecule has 0 saturated carbocycles. The normalized spacial score (nSPS) is 8.83. The molecule has 0 heterocycles. The fourth-order valence-electron chi connectivity index (χ4n) is 0.0894. The Morgan fingerprint density at radius 2 is 2.67 bits per heavy atom. The molecule has 34 valence electrons. The minimum atomic E-state index is -0.814. The summed E-state index contributed by atoms with van der Waals surface area (Å²) in [6.07, 6.45) is 0.0735. The predicted octanol–water partition coefficient (Wildman–Crippen LogP) is -0.670. The average molecular weight is 103 g/mol. The summed E-state index contributed by atoms with van der Waals surface area (Å²) in [6.45, 7) is 0. The number of aliphatic hydroxyl groups excluding tert-OH is 1. The first-order chi connectivity index (χ1) is 2.91. The van der Waals surface area contributed by atoms with E-state index in [4.69, 9.17) is 10.6 Å². The van der Waals surface area contributed by atoms with Gasteiger partial charge in [-0.15, -0.1) is 4.78 Å². The third-order valence-corrected chi connectivity index (χ3v) is 0.790. The first kappa shape index (κ1) is 5.49. The van der Waals surface area contributed by atoms with Crippen molar-refractivity contribution in [1.29, 1.82) is 0 Å². The van der Waals surface area contributed by atoms with Crippen LogP contribution in [0.1, 0.15) is 0 Å². The second kappa shape index (κ2) is 4.49. The first-order valence-electron chi connectivity index (χ1n) is 1.53. The maximum absolute atomic E-state index is 7.99. The summed E-state index contributed by atoms with van der Waals surface area (Å²) in [4.78, 5) is 2.45. The van der Waals surface area contributed by atoms with Crippen LogP contribution >= 0.6 is 0 Å². The van der Waals surface area contributed by atoms with Crippen LogP contribution in [0.3, 0.4) is 0 Å². The number of aliphatic hydroxyl groups is 1. The van der Waals surface area contributed by atoms with Gasteiger partial charge < -0.3 is 5.11 Å². The molecule has 1 N–H and O–H groups in total. The Morgan fingerprint density at radius 1 is 2.00 bits per heavy atom. The molecule has 0 aliphatic heterocycles. The molecule has 0 aromatic rings. The number of azide groups is 1. The fraction of sp³-hybridized carbons (Fsp3) is 1.00.